The highest BCUT2D eigenvalue weighted by molar-refractivity contribution is 7.99. The van der Waals surface area contributed by atoms with E-state index in [1.54, 1.807) is 55.7 Å². The number of rotatable bonds is 12. The average Bonchev–Trinajstić information content (AvgIpc) is 3.48. The van der Waals surface area contributed by atoms with Crippen molar-refractivity contribution in [2.24, 2.45) is 0 Å². The normalized spacial score (nSPS) is 12.5. The van der Waals surface area contributed by atoms with Crippen molar-refractivity contribution >= 4 is 23.6 Å². The molecular formula is C27H22F5N5O4S. The minimum atomic E-state index is -2.39. The summed E-state index contributed by atoms with van der Waals surface area (Å²) in [6.07, 6.45) is 3.84. The second-order valence-corrected chi connectivity index (χ2v) is 9.77. The number of ether oxygens (including phenoxy) is 1. The number of hydrogen-bond acceptors (Lipinski definition) is 9. The van der Waals surface area contributed by atoms with Gasteiger partial charge in [-0.1, -0.05) is 42.1 Å². The maximum absolute atomic E-state index is 14.1. The highest BCUT2D eigenvalue weighted by Crippen LogP contribution is 2.29. The summed E-state index contributed by atoms with van der Waals surface area (Å²) >= 11 is 1.33. The smallest absolute Gasteiger partial charge is 0.329 e. The molecule has 2 aromatic heterocycles. The molecule has 42 heavy (non-hydrogen) atoms. The molecule has 0 saturated carbocycles. The number of benzene rings is 2. The van der Waals surface area contributed by atoms with Crippen molar-refractivity contribution in [2.45, 2.75) is 37.1 Å². The topological polar surface area (TPSA) is 119 Å². The molecular weight excluding hydrogens is 585 g/mol. The summed E-state index contributed by atoms with van der Waals surface area (Å²) in [5.41, 5.74) is 0.583. The van der Waals surface area contributed by atoms with Crippen LogP contribution in [0, 0.1) is 29.1 Å². The Hall–Kier alpha value is -4.37. The number of amides is 1. The van der Waals surface area contributed by atoms with E-state index in [4.69, 9.17) is 4.42 Å². The summed E-state index contributed by atoms with van der Waals surface area (Å²) < 4.78 is 78.9. The van der Waals surface area contributed by atoms with Gasteiger partial charge in [0.25, 0.3) is 5.91 Å². The minimum absolute atomic E-state index is 0.0477. The second kappa shape index (κ2) is 14.0. The summed E-state index contributed by atoms with van der Waals surface area (Å²) in [7, 11) is 0. The minimum Gasteiger partial charge on any atom is -0.448 e. The van der Waals surface area contributed by atoms with Gasteiger partial charge in [-0.05, 0) is 18.6 Å². The Labute approximate surface area is 239 Å². The zero-order chi connectivity index (χ0) is 30.2. The quantitative estimate of drug-likeness (QED) is 0.0460. The number of esters is 1. The van der Waals surface area contributed by atoms with Gasteiger partial charge in [-0.2, -0.15) is 8.78 Å². The van der Waals surface area contributed by atoms with Crippen molar-refractivity contribution in [1.29, 1.82) is 0 Å². The molecule has 2 unspecified atom stereocenters. The van der Waals surface area contributed by atoms with Crippen molar-refractivity contribution in [3.8, 4) is 5.75 Å². The Morgan fingerprint density at radius 2 is 1.60 bits per heavy atom. The standard InChI is InChI=1S/C27H22F5N5O4S/c1-14(13-42-27-33-8-5-9-34-27)36-25(38)17-12-40-18(37-17)10-16(35-11-15-6-3-2-4-7-15)26(39)41-24-22(31)20(29)19(28)21(30)23(24)32/h2-9,12,14,16,35H,10-11,13H2,1H3,(H,36,38). The lowest BCUT2D eigenvalue weighted by Crippen LogP contribution is -2.41. The first-order chi connectivity index (χ1) is 20.1. The molecule has 4 aromatic rings. The van der Waals surface area contributed by atoms with Gasteiger partial charge in [0.15, 0.2) is 16.7 Å². The molecule has 0 aliphatic rings. The van der Waals surface area contributed by atoms with Gasteiger partial charge in [0, 0.05) is 30.7 Å². The maximum atomic E-state index is 14.1. The molecule has 2 atom stereocenters. The van der Waals surface area contributed by atoms with Crippen LogP contribution in [0.1, 0.15) is 28.9 Å². The number of thioether (sulfide) groups is 1. The molecule has 2 aromatic carbocycles. The summed E-state index contributed by atoms with van der Waals surface area (Å²) in [6, 6.07) is 8.57. The first-order valence-electron chi connectivity index (χ1n) is 12.3. The molecule has 1 amide bonds. The molecule has 0 saturated heterocycles. The van der Waals surface area contributed by atoms with Crippen LogP contribution in [-0.2, 0) is 17.8 Å². The third kappa shape index (κ3) is 7.67. The zero-order valence-electron chi connectivity index (χ0n) is 21.7. The van der Waals surface area contributed by atoms with Crippen LogP contribution in [0.15, 0.2) is 64.6 Å². The molecule has 0 aliphatic carbocycles. The SMILES string of the molecule is CC(CSc1ncccn1)NC(=O)c1coc(CC(NCc2ccccc2)C(=O)Oc2c(F)c(F)c(F)c(F)c2F)n1. The molecule has 9 nitrogen and oxygen atoms in total. The van der Waals surface area contributed by atoms with Crippen LogP contribution in [0.4, 0.5) is 22.0 Å². The Morgan fingerprint density at radius 3 is 2.26 bits per heavy atom. The van der Waals surface area contributed by atoms with E-state index in [-0.39, 0.29) is 24.2 Å². The van der Waals surface area contributed by atoms with Crippen LogP contribution < -0.4 is 15.4 Å². The van der Waals surface area contributed by atoms with E-state index in [0.717, 1.165) is 6.26 Å². The van der Waals surface area contributed by atoms with Crippen LogP contribution in [0.3, 0.4) is 0 Å². The highest BCUT2D eigenvalue weighted by atomic mass is 32.2. The van der Waals surface area contributed by atoms with Crippen LogP contribution in [-0.4, -0.2) is 44.7 Å². The van der Waals surface area contributed by atoms with Crippen molar-refractivity contribution < 1.29 is 40.7 Å². The third-order valence-electron chi connectivity index (χ3n) is 5.60. The number of halogens is 5. The number of hydrogen-bond donors (Lipinski definition) is 2. The number of aromatic nitrogens is 3. The van der Waals surface area contributed by atoms with Crippen LogP contribution in [0.2, 0.25) is 0 Å². The molecule has 2 heterocycles. The van der Waals surface area contributed by atoms with E-state index in [0.29, 0.717) is 16.5 Å². The summed E-state index contributed by atoms with van der Waals surface area (Å²) in [6.45, 7) is 1.81. The summed E-state index contributed by atoms with van der Waals surface area (Å²) in [4.78, 5) is 37.8. The molecule has 4 rings (SSSR count). The fourth-order valence-corrected chi connectivity index (χ4v) is 4.26. The fourth-order valence-electron chi connectivity index (χ4n) is 3.50. The van der Waals surface area contributed by atoms with E-state index in [9.17, 15) is 31.5 Å². The predicted octanol–water partition coefficient (Wildman–Crippen LogP) is 4.38. The van der Waals surface area contributed by atoms with Crippen molar-refractivity contribution in [2.75, 3.05) is 5.75 Å². The van der Waals surface area contributed by atoms with E-state index in [1.165, 1.54) is 11.8 Å². The lowest BCUT2D eigenvalue weighted by atomic mass is 10.1. The van der Waals surface area contributed by atoms with Gasteiger partial charge in [0.05, 0.1) is 6.42 Å². The molecule has 0 spiro atoms. The number of nitrogens with zero attached hydrogens (tertiary/aromatic N) is 3. The fraction of sp³-hybridized carbons (Fsp3) is 0.222. The Kier molecular flexibility index (Phi) is 10.2. The number of carbonyl (C=O) groups excluding carboxylic acids is 2. The number of oxazole rings is 1. The van der Waals surface area contributed by atoms with Gasteiger partial charge in [-0.15, -0.1) is 0 Å². The Balaban J connectivity index is 1.45. The Bertz CT molecular complexity index is 1520. The van der Waals surface area contributed by atoms with E-state index in [2.05, 4.69) is 30.3 Å². The van der Waals surface area contributed by atoms with E-state index in [1.807, 2.05) is 0 Å². The lowest BCUT2D eigenvalue weighted by molar-refractivity contribution is -0.137. The monoisotopic (exact) mass is 607 g/mol. The molecule has 0 bridgehead atoms. The van der Waals surface area contributed by atoms with E-state index < -0.39 is 59.2 Å². The summed E-state index contributed by atoms with van der Waals surface area (Å²) in [5.74, 6) is -14.9. The third-order valence-corrected chi connectivity index (χ3v) is 6.73. The highest BCUT2D eigenvalue weighted by Gasteiger charge is 2.31. The van der Waals surface area contributed by atoms with Crippen molar-refractivity contribution in [3.05, 3.63) is 101 Å². The lowest BCUT2D eigenvalue weighted by Gasteiger charge is -2.17. The molecule has 2 N–H and O–H groups in total. The zero-order valence-corrected chi connectivity index (χ0v) is 22.6. The van der Waals surface area contributed by atoms with Gasteiger partial charge in [0.1, 0.15) is 12.3 Å². The van der Waals surface area contributed by atoms with Gasteiger partial charge < -0.3 is 14.5 Å². The second-order valence-electron chi connectivity index (χ2n) is 8.79. The number of nitrogens with one attached hydrogen (secondary N) is 2. The molecule has 0 aliphatic heterocycles. The summed E-state index contributed by atoms with van der Waals surface area (Å²) in [5, 5.41) is 6.06. The molecule has 0 fully saturated rings. The van der Waals surface area contributed by atoms with Gasteiger partial charge >= 0.3 is 5.97 Å². The van der Waals surface area contributed by atoms with Gasteiger partial charge in [0.2, 0.25) is 34.8 Å². The van der Waals surface area contributed by atoms with Crippen molar-refractivity contribution in [1.82, 2.24) is 25.6 Å². The average molecular weight is 608 g/mol. The van der Waals surface area contributed by atoms with Crippen molar-refractivity contribution in [3.63, 3.8) is 0 Å². The van der Waals surface area contributed by atoms with E-state index >= 15 is 0 Å². The first-order valence-corrected chi connectivity index (χ1v) is 13.3. The van der Waals surface area contributed by atoms with Gasteiger partial charge in [-0.25, -0.2) is 32.9 Å². The molecule has 15 heteroatoms. The van der Waals surface area contributed by atoms with Crippen LogP contribution in [0.25, 0.3) is 0 Å². The number of carbonyl (C=O) groups is 2. The predicted molar refractivity (Wildman–Crippen MR) is 139 cm³/mol. The van der Waals surface area contributed by atoms with Crippen LogP contribution in [0.5, 0.6) is 5.75 Å². The van der Waals surface area contributed by atoms with Gasteiger partial charge in [-0.3, -0.25) is 10.1 Å². The maximum Gasteiger partial charge on any atom is 0.329 e. The first kappa shape index (κ1) is 30.6. The molecule has 0 radical (unpaired) electrons. The largest absolute Gasteiger partial charge is 0.448 e. The molecule has 220 valence electrons. The van der Waals surface area contributed by atoms with Crippen LogP contribution >= 0.6 is 11.8 Å². The Morgan fingerprint density at radius 1 is 0.952 bits per heavy atom.